The molecule has 17 heavy (non-hydrogen) atoms. The molecule has 1 aromatic carbocycles. The van der Waals surface area contributed by atoms with Crippen LogP contribution in [0.25, 0.3) is 0 Å². The third kappa shape index (κ3) is 4.22. The van der Waals surface area contributed by atoms with Crippen LogP contribution < -0.4 is 5.73 Å². The Hall–Kier alpha value is 0.400. The Bertz CT molecular complexity index is 362. The van der Waals surface area contributed by atoms with Gasteiger partial charge in [0.25, 0.3) is 0 Å². The second-order valence-corrected chi connectivity index (χ2v) is 6.39. The van der Waals surface area contributed by atoms with E-state index in [1.807, 2.05) is 12.1 Å². The number of hydrogen-bond acceptors (Lipinski definition) is 3. The van der Waals surface area contributed by atoms with Crippen molar-refractivity contribution in [3.05, 3.63) is 24.8 Å². The summed E-state index contributed by atoms with van der Waals surface area (Å²) in [5.74, 6) is 0.283. The molecule has 0 aliphatic rings. The van der Waals surface area contributed by atoms with Crippen LogP contribution in [0.5, 0.6) is 5.75 Å². The molecule has 0 aliphatic carbocycles. The quantitative estimate of drug-likeness (QED) is 0.591. The highest BCUT2D eigenvalue weighted by Crippen LogP contribution is 2.30. The van der Waals surface area contributed by atoms with Crippen LogP contribution in [0.3, 0.4) is 0 Å². The molecule has 96 valence electrons. The van der Waals surface area contributed by atoms with Crippen LogP contribution in [0.15, 0.2) is 12.1 Å². The largest absolute Gasteiger partial charge is 0.506 e. The molecule has 0 bridgehead atoms. The normalized spacial score (nSPS) is 14.6. The maximum absolute atomic E-state index is 9.96. The Morgan fingerprint density at radius 2 is 1.82 bits per heavy atom. The first-order valence-corrected chi connectivity index (χ1v) is 7.74. The molecule has 0 spiro atoms. The second-order valence-electron chi connectivity index (χ2n) is 4.07. The van der Waals surface area contributed by atoms with Crippen molar-refractivity contribution < 1.29 is 10.2 Å². The van der Waals surface area contributed by atoms with Crippen molar-refractivity contribution in [3.63, 3.8) is 0 Å². The smallest absolute Gasteiger partial charge is 0.142 e. The number of rotatable bonds is 5. The van der Waals surface area contributed by atoms with E-state index in [2.05, 4.69) is 52.1 Å². The highest BCUT2D eigenvalue weighted by atomic mass is 127. The van der Waals surface area contributed by atoms with Gasteiger partial charge in [-0.3, -0.25) is 0 Å². The topological polar surface area (TPSA) is 66.5 Å². The fourth-order valence-electron chi connectivity index (χ4n) is 1.59. The Kier molecular flexibility index (Phi) is 6.46. The standard InChI is InChI=1S/C12H17I2NO2/c1-2-3-4-10(16)11(15)7-5-8(13)12(17)9(14)6-7/h5-6,10-11,16-17H,2-4,15H2,1H3/t10-,11+/m1/s1. The molecule has 5 heteroatoms. The van der Waals surface area contributed by atoms with Crippen molar-refractivity contribution in [1.29, 1.82) is 0 Å². The van der Waals surface area contributed by atoms with Gasteiger partial charge >= 0.3 is 0 Å². The predicted molar refractivity (Wildman–Crippen MR) is 86.0 cm³/mol. The minimum Gasteiger partial charge on any atom is -0.506 e. The van der Waals surface area contributed by atoms with Crippen molar-refractivity contribution in [1.82, 2.24) is 0 Å². The first-order valence-electron chi connectivity index (χ1n) is 5.59. The Labute approximate surface area is 129 Å². The van der Waals surface area contributed by atoms with E-state index < -0.39 is 6.10 Å². The molecular formula is C12H17I2NO2. The van der Waals surface area contributed by atoms with E-state index >= 15 is 0 Å². The van der Waals surface area contributed by atoms with E-state index in [-0.39, 0.29) is 11.8 Å². The Balaban J connectivity index is 2.85. The van der Waals surface area contributed by atoms with E-state index in [1.54, 1.807) is 0 Å². The van der Waals surface area contributed by atoms with Crippen LogP contribution in [0.2, 0.25) is 0 Å². The fraction of sp³-hybridized carbons (Fsp3) is 0.500. The molecular weight excluding hydrogens is 444 g/mol. The van der Waals surface area contributed by atoms with Crippen molar-refractivity contribution in [3.8, 4) is 5.75 Å². The molecule has 0 fully saturated rings. The molecule has 0 unspecified atom stereocenters. The number of benzene rings is 1. The van der Waals surface area contributed by atoms with E-state index in [9.17, 15) is 10.2 Å². The van der Waals surface area contributed by atoms with Gasteiger partial charge in [-0.1, -0.05) is 19.8 Å². The fourth-order valence-corrected chi connectivity index (χ4v) is 3.41. The molecule has 1 rings (SSSR count). The number of phenolic OH excluding ortho intramolecular Hbond substituents is 1. The Morgan fingerprint density at radius 3 is 2.29 bits per heavy atom. The molecule has 1 aromatic rings. The first-order chi connectivity index (χ1) is 7.97. The van der Waals surface area contributed by atoms with E-state index in [0.29, 0.717) is 6.42 Å². The highest BCUT2D eigenvalue weighted by Gasteiger charge is 2.18. The maximum Gasteiger partial charge on any atom is 0.142 e. The number of unbranched alkanes of at least 4 members (excludes halogenated alkanes) is 1. The summed E-state index contributed by atoms with van der Waals surface area (Å²) in [4.78, 5) is 0. The van der Waals surface area contributed by atoms with Crippen molar-refractivity contribution in [2.75, 3.05) is 0 Å². The molecule has 0 saturated carbocycles. The minimum atomic E-state index is -0.522. The van der Waals surface area contributed by atoms with Gasteiger partial charge in [0.2, 0.25) is 0 Å². The molecule has 0 saturated heterocycles. The third-order valence-corrected chi connectivity index (χ3v) is 4.34. The van der Waals surface area contributed by atoms with Crippen molar-refractivity contribution >= 4 is 45.2 Å². The van der Waals surface area contributed by atoms with E-state index in [4.69, 9.17) is 5.73 Å². The maximum atomic E-state index is 9.96. The molecule has 0 amide bonds. The summed E-state index contributed by atoms with van der Waals surface area (Å²) >= 11 is 4.14. The van der Waals surface area contributed by atoms with Gasteiger partial charge in [0.1, 0.15) is 5.75 Å². The number of aliphatic hydroxyl groups excluding tert-OH is 1. The molecule has 0 heterocycles. The van der Waals surface area contributed by atoms with Gasteiger partial charge in [0, 0.05) is 0 Å². The van der Waals surface area contributed by atoms with Crippen LogP contribution >= 0.6 is 45.2 Å². The van der Waals surface area contributed by atoms with Crippen molar-refractivity contribution in [2.45, 2.75) is 38.3 Å². The highest BCUT2D eigenvalue weighted by molar-refractivity contribution is 14.1. The van der Waals surface area contributed by atoms with Gasteiger partial charge in [0.05, 0.1) is 19.3 Å². The second kappa shape index (κ2) is 7.10. The number of halogens is 2. The number of aliphatic hydroxyl groups is 1. The summed E-state index contributed by atoms with van der Waals surface area (Å²) < 4.78 is 1.53. The van der Waals surface area contributed by atoms with E-state index in [1.165, 1.54) is 0 Å². The molecule has 2 atom stereocenters. The van der Waals surface area contributed by atoms with Crippen LogP contribution in [0.4, 0.5) is 0 Å². The van der Waals surface area contributed by atoms with Gasteiger partial charge in [-0.25, -0.2) is 0 Å². The van der Waals surface area contributed by atoms with Gasteiger partial charge in [0.15, 0.2) is 0 Å². The van der Waals surface area contributed by atoms with Gasteiger partial charge in [-0.15, -0.1) is 0 Å². The lowest BCUT2D eigenvalue weighted by atomic mass is 9.98. The van der Waals surface area contributed by atoms with Crippen LogP contribution in [-0.2, 0) is 0 Å². The van der Waals surface area contributed by atoms with Gasteiger partial charge in [-0.2, -0.15) is 0 Å². The number of phenols is 1. The summed E-state index contributed by atoms with van der Waals surface area (Å²) in [6.07, 6.45) is 2.22. The third-order valence-electron chi connectivity index (χ3n) is 2.69. The first kappa shape index (κ1) is 15.5. The van der Waals surface area contributed by atoms with E-state index in [0.717, 1.165) is 25.5 Å². The lowest BCUT2D eigenvalue weighted by Crippen LogP contribution is -2.26. The summed E-state index contributed by atoms with van der Waals surface area (Å²) in [5.41, 5.74) is 6.90. The molecule has 4 N–H and O–H groups in total. The van der Waals surface area contributed by atoms with Gasteiger partial charge < -0.3 is 15.9 Å². The lowest BCUT2D eigenvalue weighted by Gasteiger charge is -2.20. The number of nitrogens with two attached hydrogens (primary N) is 1. The number of hydrogen-bond donors (Lipinski definition) is 3. The zero-order chi connectivity index (χ0) is 13.0. The van der Waals surface area contributed by atoms with Crippen LogP contribution in [0.1, 0.15) is 37.8 Å². The Morgan fingerprint density at radius 1 is 1.29 bits per heavy atom. The van der Waals surface area contributed by atoms with Crippen molar-refractivity contribution in [2.24, 2.45) is 5.73 Å². The SMILES string of the molecule is CCCC[C@@H](O)[C@@H](N)c1cc(I)c(O)c(I)c1. The van der Waals surface area contributed by atoms with Crippen LogP contribution in [0, 0.1) is 7.14 Å². The zero-order valence-electron chi connectivity index (χ0n) is 9.66. The predicted octanol–water partition coefficient (Wildman–Crippen LogP) is 3.15. The summed E-state index contributed by atoms with van der Waals surface area (Å²) in [6, 6.07) is 3.28. The molecule has 0 aromatic heterocycles. The lowest BCUT2D eigenvalue weighted by molar-refractivity contribution is 0.132. The minimum absolute atomic E-state index is 0.283. The summed E-state index contributed by atoms with van der Waals surface area (Å²) in [6.45, 7) is 2.09. The summed E-state index contributed by atoms with van der Waals surface area (Å²) in [7, 11) is 0. The monoisotopic (exact) mass is 461 g/mol. The van der Waals surface area contributed by atoms with Crippen LogP contribution in [-0.4, -0.2) is 16.3 Å². The average molecular weight is 461 g/mol. The van der Waals surface area contributed by atoms with Gasteiger partial charge in [-0.05, 0) is 69.3 Å². The molecule has 3 nitrogen and oxygen atoms in total. The molecule has 0 radical (unpaired) electrons. The summed E-state index contributed by atoms with van der Waals surface area (Å²) in [5, 5.41) is 19.6. The zero-order valence-corrected chi connectivity index (χ0v) is 14.0. The average Bonchev–Trinajstić information content (AvgIpc) is 2.31. The number of aromatic hydroxyl groups is 1. The molecule has 0 aliphatic heterocycles.